The number of amides is 1. The molecular formula is C14H16N2O2. The number of hydrogen-bond donors (Lipinski definition) is 2. The summed E-state index contributed by atoms with van der Waals surface area (Å²) in [6.45, 7) is 0.933. The van der Waals surface area contributed by atoms with E-state index in [1.165, 1.54) is 0 Å². The maximum atomic E-state index is 12.0. The number of carbonyl (C=O) groups excluding carboxylic acids is 1. The van der Waals surface area contributed by atoms with Gasteiger partial charge in [0.05, 0.1) is 11.7 Å². The van der Waals surface area contributed by atoms with Crippen molar-refractivity contribution in [3.05, 3.63) is 36.1 Å². The van der Waals surface area contributed by atoms with Gasteiger partial charge in [0.25, 0.3) is 0 Å². The van der Waals surface area contributed by atoms with Crippen LogP contribution in [0.4, 0.5) is 0 Å². The van der Waals surface area contributed by atoms with Gasteiger partial charge in [-0.2, -0.15) is 0 Å². The fourth-order valence-electron chi connectivity index (χ4n) is 2.21. The van der Waals surface area contributed by atoms with Crippen molar-refractivity contribution in [3.8, 4) is 0 Å². The Kier molecular flexibility index (Phi) is 2.59. The zero-order valence-corrected chi connectivity index (χ0v) is 10.1. The minimum absolute atomic E-state index is 0.0651. The Balaban J connectivity index is 1.72. The van der Waals surface area contributed by atoms with E-state index < -0.39 is 0 Å². The second kappa shape index (κ2) is 4.14. The smallest absolute Gasteiger partial charge is 0.227 e. The molecule has 3 rings (SSSR count). The van der Waals surface area contributed by atoms with E-state index in [9.17, 15) is 4.79 Å². The van der Waals surface area contributed by atoms with Gasteiger partial charge in [-0.1, -0.05) is 18.2 Å². The Labute approximate surface area is 105 Å². The van der Waals surface area contributed by atoms with Crippen LogP contribution in [-0.2, 0) is 11.3 Å². The summed E-state index contributed by atoms with van der Waals surface area (Å²) in [6, 6.07) is 7.81. The van der Waals surface area contributed by atoms with E-state index in [-0.39, 0.29) is 11.3 Å². The topological polar surface area (TPSA) is 68.3 Å². The number of furan rings is 1. The molecule has 1 fully saturated rings. The highest BCUT2D eigenvalue weighted by molar-refractivity contribution is 5.86. The van der Waals surface area contributed by atoms with E-state index in [0.717, 1.165) is 29.4 Å². The first kappa shape index (κ1) is 11.3. The van der Waals surface area contributed by atoms with Gasteiger partial charge in [0, 0.05) is 24.0 Å². The fourth-order valence-corrected chi connectivity index (χ4v) is 2.21. The number of benzene rings is 1. The van der Waals surface area contributed by atoms with Gasteiger partial charge in [0.1, 0.15) is 5.58 Å². The number of hydrogen-bond acceptors (Lipinski definition) is 3. The third kappa shape index (κ3) is 1.78. The SMILES string of the molecule is NCC1(C(=O)NCc2coc3ccccc23)CC1. The second-order valence-corrected chi connectivity index (χ2v) is 4.92. The molecule has 1 aromatic heterocycles. The number of carbonyl (C=O) groups is 1. The van der Waals surface area contributed by atoms with Gasteiger partial charge in [0.15, 0.2) is 0 Å². The summed E-state index contributed by atoms with van der Waals surface area (Å²) < 4.78 is 5.43. The molecule has 0 spiro atoms. The molecule has 1 aliphatic carbocycles. The Morgan fingerprint density at radius 1 is 1.39 bits per heavy atom. The van der Waals surface area contributed by atoms with E-state index in [2.05, 4.69) is 5.32 Å². The van der Waals surface area contributed by atoms with Crippen LogP contribution in [-0.4, -0.2) is 12.5 Å². The highest BCUT2D eigenvalue weighted by Gasteiger charge is 2.48. The summed E-state index contributed by atoms with van der Waals surface area (Å²) in [5.74, 6) is 0.0651. The Bertz CT molecular complexity index is 584. The predicted molar refractivity (Wildman–Crippen MR) is 68.8 cm³/mol. The Morgan fingerprint density at radius 2 is 2.17 bits per heavy atom. The van der Waals surface area contributed by atoms with Gasteiger partial charge in [-0.15, -0.1) is 0 Å². The lowest BCUT2D eigenvalue weighted by molar-refractivity contribution is -0.126. The third-order valence-electron chi connectivity index (χ3n) is 3.73. The molecular weight excluding hydrogens is 228 g/mol. The lowest BCUT2D eigenvalue weighted by Crippen LogP contribution is -2.36. The van der Waals surface area contributed by atoms with Gasteiger partial charge in [-0.25, -0.2) is 0 Å². The van der Waals surface area contributed by atoms with E-state index in [4.69, 9.17) is 10.2 Å². The molecule has 3 N–H and O–H groups in total. The molecule has 94 valence electrons. The van der Waals surface area contributed by atoms with Gasteiger partial charge in [0.2, 0.25) is 5.91 Å². The van der Waals surface area contributed by atoms with Crippen molar-refractivity contribution in [2.45, 2.75) is 19.4 Å². The van der Waals surface area contributed by atoms with Crippen molar-refractivity contribution in [1.82, 2.24) is 5.32 Å². The lowest BCUT2D eigenvalue weighted by atomic mass is 10.1. The maximum absolute atomic E-state index is 12.0. The largest absolute Gasteiger partial charge is 0.464 e. The van der Waals surface area contributed by atoms with E-state index in [0.29, 0.717) is 13.1 Å². The van der Waals surface area contributed by atoms with Crippen molar-refractivity contribution in [2.24, 2.45) is 11.1 Å². The molecule has 18 heavy (non-hydrogen) atoms. The highest BCUT2D eigenvalue weighted by Crippen LogP contribution is 2.44. The molecule has 1 aliphatic rings. The summed E-state index contributed by atoms with van der Waals surface area (Å²) >= 11 is 0. The van der Waals surface area contributed by atoms with Crippen molar-refractivity contribution in [3.63, 3.8) is 0 Å². The molecule has 0 radical (unpaired) electrons. The minimum atomic E-state index is -0.292. The third-order valence-corrected chi connectivity index (χ3v) is 3.73. The van der Waals surface area contributed by atoms with Crippen molar-refractivity contribution >= 4 is 16.9 Å². The van der Waals surface area contributed by atoms with Gasteiger partial charge in [-0.3, -0.25) is 4.79 Å². The molecule has 0 unspecified atom stereocenters. The van der Waals surface area contributed by atoms with Crippen molar-refractivity contribution in [2.75, 3.05) is 6.54 Å². The summed E-state index contributed by atoms with van der Waals surface area (Å²) in [5, 5.41) is 4.00. The van der Waals surface area contributed by atoms with Crippen LogP contribution in [0.25, 0.3) is 11.0 Å². The number of nitrogens with two attached hydrogens (primary N) is 1. The van der Waals surface area contributed by atoms with E-state index in [1.54, 1.807) is 6.26 Å². The predicted octanol–water partition coefficient (Wildman–Crippen LogP) is 1.79. The van der Waals surface area contributed by atoms with Crippen LogP contribution in [0.5, 0.6) is 0 Å². The Morgan fingerprint density at radius 3 is 2.89 bits per heavy atom. The minimum Gasteiger partial charge on any atom is -0.464 e. The maximum Gasteiger partial charge on any atom is 0.227 e. The normalized spacial score (nSPS) is 16.7. The van der Waals surface area contributed by atoms with Crippen LogP contribution in [0.1, 0.15) is 18.4 Å². The van der Waals surface area contributed by atoms with Crippen LogP contribution in [0.2, 0.25) is 0 Å². The van der Waals surface area contributed by atoms with Crippen LogP contribution in [0, 0.1) is 5.41 Å². The molecule has 0 bridgehead atoms. The first-order chi connectivity index (χ1) is 8.75. The van der Waals surface area contributed by atoms with E-state index >= 15 is 0 Å². The average molecular weight is 244 g/mol. The molecule has 0 aliphatic heterocycles. The molecule has 2 aromatic rings. The van der Waals surface area contributed by atoms with Crippen LogP contribution in [0.15, 0.2) is 34.9 Å². The van der Waals surface area contributed by atoms with Crippen molar-refractivity contribution in [1.29, 1.82) is 0 Å². The summed E-state index contributed by atoms with van der Waals surface area (Å²) in [6.07, 6.45) is 3.51. The van der Waals surface area contributed by atoms with E-state index in [1.807, 2.05) is 24.3 Å². The molecule has 1 heterocycles. The quantitative estimate of drug-likeness (QED) is 0.861. The zero-order chi connectivity index (χ0) is 12.6. The molecule has 1 aromatic carbocycles. The van der Waals surface area contributed by atoms with Crippen LogP contribution < -0.4 is 11.1 Å². The number of nitrogens with one attached hydrogen (secondary N) is 1. The van der Waals surface area contributed by atoms with Crippen LogP contribution in [0.3, 0.4) is 0 Å². The van der Waals surface area contributed by atoms with Gasteiger partial charge in [-0.05, 0) is 18.9 Å². The van der Waals surface area contributed by atoms with Gasteiger partial charge >= 0.3 is 0 Å². The Hall–Kier alpha value is -1.81. The summed E-state index contributed by atoms with van der Waals surface area (Å²) in [4.78, 5) is 12.0. The first-order valence-electron chi connectivity index (χ1n) is 6.19. The molecule has 1 amide bonds. The number of fused-ring (bicyclic) bond motifs is 1. The number of para-hydroxylation sites is 1. The molecule has 0 saturated heterocycles. The summed E-state index contributed by atoms with van der Waals surface area (Å²) in [5.41, 5.74) is 7.19. The monoisotopic (exact) mass is 244 g/mol. The number of rotatable bonds is 4. The van der Waals surface area contributed by atoms with Gasteiger partial charge < -0.3 is 15.5 Å². The standard InChI is InChI=1S/C14H16N2O2/c15-9-14(5-6-14)13(17)16-7-10-8-18-12-4-2-1-3-11(10)12/h1-4,8H,5-7,9,15H2,(H,16,17). The summed E-state index contributed by atoms with van der Waals surface area (Å²) in [7, 11) is 0. The second-order valence-electron chi connectivity index (χ2n) is 4.92. The lowest BCUT2D eigenvalue weighted by Gasteiger charge is -2.11. The molecule has 4 nitrogen and oxygen atoms in total. The fraction of sp³-hybridized carbons (Fsp3) is 0.357. The average Bonchev–Trinajstić information content (AvgIpc) is 3.11. The molecule has 1 saturated carbocycles. The molecule has 4 heteroatoms. The van der Waals surface area contributed by atoms with Crippen LogP contribution >= 0.6 is 0 Å². The highest BCUT2D eigenvalue weighted by atomic mass is 16.3. The zero-order valence-electron chi connectivity index (χ0n) is 10.1. The first-order valence-corrected chi connectivity index (χ1v) is 6.19. The van der Waals surface area contributed by atoms with Crippen molar-refractivity contribution < 1.29 is 9.21 Å². The molecule has 0 atom stereocenters.